The largest absolute Gasteiger partial charge is 0.360 e. The summed E-state index contributed by atoms with van der Waals surface area (Å²) in [7, 11) is 0. The lowest BCUT2D eigenvalue weighted by Gasteiger charge is -1.84. The van der Waals surface area contributed by atoms with Crippen LogP contribution in [0.4, 0.5) is 0 Å². The molecule has 0 saturated carbocycles. The highest BCUT2D eigenvalue weighted by atomic mass is 16.5. The van der Waals surface area contributed by atoms with Gasteiger partial charge in [-0.15, -0.1) is 0 Å². The molecule has 0 amide bonds. The van der Waals surface area contributed by atoms with Gasteiger partial charge in [0.2, 0.25) is 5.65 Å². The minimum absolute atomic E-state index is 0.704. The molecule has 0 atom stereocenters. The van der Waals surface area contributed by atoms with Crippen molar-refractivity contribution >= 4 is 17.4 Å². The van der Waals surface area contributed by atoms with E-state index in [1.807, 2.05) is 0 Å². The van der Waals surface area contributed by atoms with Crippen LogP contribution in [0.1, 0.15) is 0 Å². The molecular weight excluding hydrogens is 130 g/mol. The summed E-state index contributed by atoms with van der Waals surface area (Å²) in [4.78, 5) is 3.98. The number of fused-ring (bicyclic) bond motifs is 1. The van der Waals surface area contributed by atoms with Crippen molar-refractivity contribution in [3.8, 4) is 0 Å². The summed E-state index contributed by atoms with van der Waals surface area (Å²) in [6.07, 6.45) is 4.76. The Morgan fingerprint density at radius 3 is 3.40 bits per heavy atom. The van der Waals surface area contributed by atoms with Crippen LogP contribution in [0.25, 0.3) is 17.4 Å². The molecule has 0 bridgehead atoms. The second-order valence-corrected chi connectivity index (χ2v) is 1.86. The summed E-state index contributed by atoms with van der Waals surface area (Å²) in [5.41, 5.74) is 1.45. The van der Waals surface area contributed by atoms with E-state index in [9.17, 15) is 0 Å². The van der Waals surface area contributed by atoms with Crippen molar-refractivity contribution in [1.29, 1.82) is 0 Å². The van der Waals surface area contributed by atoms with Gasteiger partial charge in [0.25, 0.3) is 0 Å². The first-order valence-electron chi connectivity index (χ1n) is 2.81. The fourth-order valence-corrected chi connectivity index (χ4v) is 0.806. The van der Waals surface area contributed by atoms with Crippen LogP contribution in [0.5, 0.6) is 0 Å². The van der Waals surface area contributed by atoms with Crippen molar-refractivity contribution in [2.75, 3.05) is 0 Å². The zero-order valence-corrected chi connectivity index (χ0v) is 5.19. The van der Waals surface area contributed by atoms with E-state index in [2.05, 4.69) is 21.2 Å². The van der Waals surface area contributed by atoms with E-state index in [4.69, 9.17) is 0 Å². The molecule has 2 aromatic heterocycles. The minimum atomic E-state index is 0.704. The van der Waals surface area contributed by atoms with Gasteiger partial charge in [-0.05, 0) is 0 Å². The number of imidazole rings is 1. The first kappa shape index (κ1) is 5.22. The highest BCUT2D eigenvalue weighted by Gasteiger charge is 2.01. The number of aromatic nitrogens is 3. The van der Waals surface area contributed by atoms with E-state index < -0.39 is 0 Å². The molecular formula is C6H5N3O. The van der Waals surface area contributed by atoms with Crippen LogP contribution in [0, 0.1) is 0 Å². The molecule has 0 aliphatic carbocycles. The maximum Gasteiger partial charge on any atom is 0.207 e. The van der Waals surface area contributed by atoms with Gasteiger partial charge < -0.3 is 4.52 Å². The van der Waals surface area contributed by atoms with Crippen LogP contribution in [-0.2, 0) is 0 Å². The van der Waals surface area contributed by atoms with Crippen LogP contribution < -0.4 is 0 Å². The Bertz CT molecular complexity index is 360. The summed E-state index contributed by atoms with van der Waals surface area (Å²) in [6, 6.07) is 0. The molecule has 0 radical (unpaired) electrons. The van der Waals surface area contributed by atoms with Gasteiger partial charge in [0.1, 0.15) is 11.8 Å². The van der Waals surface area contributed by atoms with E-state index in [1.165, 1.54) is 6.26 Å². The Hall–Kier alpha value is -1.58. The summed E-state index contributed by atoms with van der Waals surface area (Å²) >= 11 is 0. The molecule has 0 N–H and O–H groups in total. The highest BCUT2D eigenvalue weighted by Crippen LogP contribution is 2.08. The van der Waals surface area contributed by atoms with Crippen molar-refractivity contribution in [1.82, 2.24) is 14.7 Å². The lowest BCUT2D eigenvalue weighted by atomic mass is 10.6. The third-order valence-corrected chi connectivity index (χ3v) is 1.30. The Morgan fingerprint density at radius 2 is 2.60 bits per heavy atom. The van der Waals surface area contributed by atoms with Crippen LogP contribution in [0.2, 0.25) is 0 Å². The van der Waals surface area contributed by atoms with Gasteiger partial charge in [0.05, 0.1) is 0 Å². The quantitative estimate of drug-likeness (QED) is 0.588. The highest BCUT2D eigenvalue weighted by molar-refractivity contribution is 5.70. The van der Waals surface area contributed by atoms with Crippen molar-refractivity contribution < 1.29 is 4.52 Å². The summed E-state index contributed by atoms with van der Waals surface area (Å²) in [5, 5.41) is 3.70. The maximum absolute atomic E-state index is 4.67. The van der Waals surface area contributed by atoms with Gasteiger partial charge >= 0.3 is 0 Å². The molecule has 0 aliphatic heterocycles. The van der Waals surface area contributed by atoms with Gasteiger partial charge in [-0.2, -0.15) is 0 Å². The molecule has 4 nitrogen and oxygen atoms in total. The smallest absolute Gasteiger partial charge is 0.207 e. The fourth-order valence-electron chi connectivity index (χ4n) is 0.806. The van der Waals surface area contributed by atoms with Crippen LogP contribution in [0.3, 0.4) is 0 Å². The van der Waals surface area contributed by atoms with Crippen LogP contribution in [-0.4, -0.2) is 14.7 Å². The van der Waals surface area contributed by atoms with Crippen molar-refractivity contribution in [2.24, 2.45) is 0 Å². The monoisotopic (exact) mass is 135 g/mol. The molecule has 4 heteroatoms. The number of hydrogen-bond acceptors (Lipinski definition) is 3. The van der Waals surface area contributed by atoms with Crippen molar-refractivity contribution in [2.45, 2.75) is 0 Å². The number of rotatable bonds is 1. The first-order valence-corrected chi connectivity index (χ1v) is 2.81. The third kappa shape index (κ3) is 0.500. The normalized spacial score (nSPS) is 10.4. The van der Waals surface area contributed by atoms with Gasteiger partial charge in [-0.3, -0.25) is 4.57 Å². The molecule has 2 rings (SSSR count). The molecule has 2 heterocycles. The van der Waals surface area contributed by atoms with E-state index in [-0.39, 0.29) is 0 Å². The molecule has 2 aromatic rings. The number of hydrogen-bond donors (Lipinski definition) is 0. The summed E-state index contributed by atoms with van der Waals surface area (Å²) in [5.74, 6) is 0. The summed E-state index contributed by atoms with van der Waals surface area (Å²) in [6.45, 7) is 3.57. The second-order valence-electron chi connectivity index (χ2n) is 1.86. The van der Waals surface area contributed by atoms with E-state index in [0.29, 0.717) is 5.65 Å². The predicted octanol–water partition coefficient (Wildman–Crippen LogP) is 1.12. The van der Waals surface area contributed by atoms with Crippen molar-refractivity contribution in [3.63, 3.8) is 0 Å². The zero-order valence-electron chi connectivity index (χ0n) is 5.19. The van der Waals surface area contributed by atoms with Gasteiger partial charge in [-0.1, -0.05) is 11.7 Å². The average Bonchev–Trinajstić information content (AvgIpc) is 2.44. The Balaban J connectivity index is 2.88. The van der Waals surface area contributed by atoms with Crippen LogP contribution in [0.15, 0.2) is 23.7 Å². The maximum atomic E-state index is 4.67. The molecule has 0 spiro atoms. The lowest BCUT2D eigenvalue weighted by Crippen LogP contribution is -1.80. The molecule has 0 aliphatic rings. The Kier molecular flexibility index (Phi) is 0.887. The number of nitrogens with zero attached hydrogens (tertiary/aromatic N) is 3. The Morgan fingerprint density at radius 1 is 1.70 bits per heavy atom. The van der Waals surface area contributed by atoms with Crippen LogP contribution >= 0.6 is 0 Å². The molecule has 0 aromatic carbocycles. The van der Waals surface area contributed by atoms with Gasteiger partial charge in [0, 0.05) is 6.20 Å². The fraction of sp³-hybridized carbons (Fsp3) is 0. The Labute approximate surface area is 56.8 Å². The molecule has 50 valence electrons. The first-order chi connectivity index (χ1) is 4.92. The summed E-state index contributed by atoms with van der Waals surface area (Å²) < 4.78 is 6.36. The molecule has 10 heavy (non-hydrogen) atoms. The lowest BCUT2D eigenvalue weighted by molar-refractivity contribution is 0.425. The van der Waals surface area contributed by atoms with E-state index >= 15 is 0 Å². The average molecular weight is 135 g/mol. The zero-order chi connectivity index (χ0) is 6.97. The SMILES string of the molecule is C=Cn1cnc2conc21. The minimum Gasteiger partial charge on any atom is -0.360 e. The van der Waals surface area contributed by atoms with E-state index in [1.54, 1.807) is 17.1 Å². The van der Waals surface area contributed by atoms with Gasteiger partial charge in [-0.25, -0.2) is 4.98 Å². The molecule has 0 saturated heterocycles. The second kappa shape index (κ2) is 1.70. The van der Waals surface area contributed by atoms with Gasteiger partial charge in [0.15, 0.2) is 6.26 Å². The van der Waals surface area contributed by atoms with Crippen molar-refractivity contribution in [3.05, 3.63) is 19.2 Å². The molecule has 0 unspecified atom stereocenters. The predicted molar refractivity (Wildman–Crippen MR) is 36.2 cm³/mol. The topological polar surface area (TPSA) is 43.9 Å². The standard InChI is InChI=1S/C6H5N3O/c1-2-9-4-7-5-3-10-8-6(5)9/h2-4H,1H2. The van der Waals surface area contributed by atoms with E-state index in [0.717, 1.165) is 5.52 Å². The molecule has 0 fully saturated rings. The third-order valence-electron chi connectivity index (χ3n) is 1.30.